The van der Waals surface area contributed by atoms with Gasteiger partial charge in [-0.15, -0.1) is 0 Å². The highest BCUT2D eigenvalue weighted by atomic mass is 16.5. The lowest BCUT2D eigenvalue weighted by Gasteiger charge is -1.95. The molecule has 0 saturated carbocycles. The number of unbranched alkanes of at least 4 members (excludes halogenated alkanes) is 2. The molecule has 0 aromatic heterocycles. The van der Waals surface area contributed by atoms with Gasteiger partial charge >= 0.3 is 0 Å². The van der Waals surface area contributed by atoms with E-state index >= 15 is 0 Å². The molecule has 1 N–H and O–H groups in total. The molecule has 0 saturated heterocycles. The molecule has 3 nitrogen and oxygen atoms in total. The normalized spacial score (nSPS) is 15.5. The minimum atomic E-state index is 0.241. The van der Waals surface area contributed by atoms with Crippen LogP contribution in [-0.4, -0.2) is 17.7 Å². The van der Waals surface area contributed by atoms with Gasteiger partial charge in [-0.05, 0) is 31.4 Å². The fraction of sp³-hybridized carbons (Fsp3) is 0.455. The molecular weight excluding hydrogens is 180 g/mol. The average molecular weight is 194 g/mol. The van der Waals surface area contributed by atoms with E-state index < -0.39 is 0 Å². The van der Waals surface area contributed by atoms with E-state index in [4.69, 9.17) is 9.84 Å². The number of aliphatic hydroxyl groups excluding tert-OH is 1. The predicted octanol–water partition coefficient (Wildman–Crippen LogP) is 1.72. The SMILES string of the molecule is O=C=C1CC=C(/C=C\CCCCO)O1. The molecule has 76 valence electrons. The summed E-state index contributed by atoms with van der Waals surface area (Å²) in [4.78, 5) is 10.2. The fourth-order valence-corrected chi connectivity index (χ4v) is 1.16. The average Bonchev–Trinajstić information content (AvgIpc) is 2.65. The highest BCUT2D eigenvalue weighted by Gasteiger charge is 2.08. The molecule has 1 heterocycles. The summed E-state index contributed by atoms with van der Waals surface area (Å²) < 4.78 is 5.14. The van der Waals surface area contributed by atoms with Crippen molar-refractivity contribution in [2.45, 2.75) is 25.7 Å². The summed E-state index contributed by atoms with van der Waals surface area (Å²) in [5.41, 5.74) is 0. The van der Waals surface area contributed by atoms with Crippen LogP contribution < -0.4 is 0 Å². The van der Waals surface area contributed by atoms with E-state index in [0.29, 0.717) is 17.9 Å². The van der Waals surface area contributed by atoms with Crippen molar-refractivity contribution in [3.63, 3.8) is 0 Å². The Labute approximate surface area is 83.4 Å². The quantitative estimate of drug-likeness (QED) is 0.535. The van der Waals surface area contributed by atoms with E-state index in [1.807, 2.05) is 18.2 Å². The van der Waals surface area contributed by atoms with E-state index in [9.17, 15) is 4.79 Å². The first-order valence-corrected chi connectivity index (χ1v) is 4.76. The maximum Gasteiger partial charge on any atom is 0.191 e. The molecule has 0 bridgehead atoms. The molecule has 0 atom stereocenters. The van der Waals surface area contributed by atoms with Crippen LogP contribution in [0.5, 0.6) is 0 Å². The summed E-state index contributed by atoms with van der Waals surface area (Å²) in [7, 11) is 0. The molecular formula is C11H14O3. The predicted molar refractivity (Wildman–Crippen MR) is 53.1 cm³/mol. The van der Waals surface area contributed by atoms with Crippen LogP contribution in [0, 0.1) is 0 Å². The minimum Gasteiger partial charge on any atom is -0.450 e. The smallest absolute Gasteiger partial charge is 0.191 e. The zero-order chi connectivity index (χ0) is 10.2. The second-order valence-corrected chi connectivity index (χ2v) is 3.06. The summed E-state index contributed by atoms with van der Waals surface area (Å²) >= 11 is 0. The van der Waals surface area contributed by atoms with Crippen molar-refractivity contribution < 1.29 is 14.6 Å². The number of hydrogen-bond donors (Lipinski definition) is 1. The molecule has 0 amide bonds. The summed E-state index contributed by atoms with van der Waals surface area (Å²) in [6, 6.07) is 0. The Bertz CT molecular complexity index is 283. The topological polar surface area (TPSA) is 46.5 Å². The first kappa shape index (κ1) is 10.8. The van der Waals surface area contributed by atoms with Gasteiger partial charge in [0.05, 0.1) is 0 Å². The van der Waals surface area contributed by atoms with Crippen molar-refractivity contribution in [3.05, 3.63) is 29.7 Å². The standard InChI is InChI=1S/C11H14O3/c12-8-4-2-1-3-5-10-6-7-11(9-13)14-10/h3,5-6,12H,1-2,4,7-8H2/b5-3-. The second kappa shape index (κ2) is 6.19. The van der Waals surface area contributed by atoms with Crippen LogP contribution in [0.2, 0.25) is 0 Å². The lowest BCUT2D eigenvalue weighted by atomic mass is 10.2. The van der Waals surface area contributed by atoms with Gasteiger partial charge in [0, 0.05) is 13.0 Å². The Hall–Kier alpha value is -1.31. The van der Waals surface area contributed by atoms with E-state index in [-0.39, 0.29) is 6.61 Å². The molecule has 0 fully saturated rings. The van der Waals surface area contributed by atoms with Crippen LogP contribution in [0.15, 0.2) is 29.7 Å². The zero-order valence-electron chi connectivity index (χ0n) is 8.03. The van der Waals surface area contributed by atoms with Crippen molar-refractivity contribution in [1.29, 1.82) is 0 Å². The number of allylic oxidation sites excluding steroid dienone is 3. The third kappa shape index (κ3) is 3.60. The molecule has 0 spiro atoms. The highest BCUT2D eigenvalue weighted by Crippen LogP contribution is 2.18. The summed E-state index contributed by atoms with van der Waals surface area (Å²) in [6.45, 7) is 0.241. The summed E-state index contributed by atoms with van der Waals surface area (Å²) in [6.07, 6.45) is 8.93. The minimum absolute atomic E-state index is 0.241. The molecule has 14 heavy (non-hydrogen) atoms. The Morgan fingerprint density at radius 3 is 3.07 bits per heavy atom. The molecule has 1 aliphatic rings. The van der Waals surface area contributed by atoms with Crippen LogP contribution in [0.3, 0.4) is 0 Å². The Balaban J connectivity index is 2.22. The summed E-state index contributed by atoms with van der Waals surface area (Å²) in [5.74, 6) is 2.79. The molecule has 1 rings (SSSR count). The molecule has 3 heteroatoms. The van der Waals surface area contributed by atoms with Crippen molar-refractivity contribution in [3.8, 4) is 0 Å². The molecule has 0 radical (unpaired) electrons. The first-order chi connectivity index (χ1) is 6.86. The van der Waals surface area contributed by atoms with Gasteiger partial charge in [0.15, 0.2) is 11.7 Å². The van der Waals surface area contributed by atoms with Crippen LogP contribution in [0.4, 0.5) is 0 Å². The van der Waals surface area contributed by atoms with E-state index in [0.717, 1.165) is 19.3 Å². The number of hydrogen-bond acceptors (Lipinski definition) is 3. The van der Waals surface area contributed by atoms with E-state index in [1.165, 1.54) is 0 Å². The largest absolute Gasteiger partial charge is 0.450 e. The molecule has 0 aromatic rings. The van der Waals surface area contributed by atoms with Gasteiger partial charge in [-0.1, -0.05) is 6.08 Å². The van der Waals surface area contributed by atoms with Gasteiger partial charge in [-0.3, -0.25) is 0 Å². The Morgan fingerprint density at radius 2 is 2.43 bits per heavy atom. The highest BCUT2D eigenvalue weighted by molar-refractivity contribution is 5.52. The molecule has 0 unspecified atom stereocenters. The summed E-state index contributed by atoms with van der Waals surface area (Å²) in [5, 5.41) is 8.54. The Kier molecular flexibility index (Phi) is 4.76. The van der Waals surface area contributed by atoms with Crippen LogP contribution >= 0.6 is 0 Å². The number of carbonyl (C=O) groups excluding carboxylic acids is 1. The zero-order valence-corrected chi connectivity index (χ0v) is 8.03. The third-order valence-electron chi connectivity index (χ3n) is 1.90. The van der Waals surface area contributed by atoms with E-state index in [2.05, 4.69) is 0 Å². The van der Waals surface area contributed by atoms with Gasteiger partial charge in [-0.25, -0.2) is 4.79 Å². The molecule has 0 aliphatic carbocycles. The number of ether oxygens (including phenoxy) is 1. The van der Waals surface area contributed by atoms with Gasteiger partial charge in [0.1, 0.15) is 5.76 Å². The van der Waals surface area contributed by atoms with E-state index in [1.54, 1.807) is 5.94 Å². The maximum absolute atomic E-state index is 10.2. The van der Waals surface area contributed by atoms with Gasteiger partial charge < -0.3 is 9.84 Å². The van der Waals surface area contributed by atoms with Crippen molar-refractivity contribution in [2.24, 2.45) is 0 Å². The fourth-order valence-electron chi connectivity index (χ4n) is 1.16. The Morgan fingerprint density at radius 1 is 1.57 bits per heavy atom. The van der Waals surface area contributed by atoms with Crippen LogP contribution in [-0.2, 0) is 9.53 Å². The van der Waals surface area contributed by atoms with Crippen molar-refractivity contribution in [1.82, 2.24) is 0 Å². The third-order valence-corrected chi connectivity index (χ3v) is 1.90. The monoisotopic (exact) mass is 194 g/mol. The lowest BCUT2D eigenvalue weighted by molar-refractivity contribution is 0.285. The molecule has 1 aliphatic heterocycles. The van der Waals surface area contributed by atoms with Crippen molar-refractivity contribution >= 4 is 5.94 Å². The number of rotatable bonds is 5. The molecule has 0 aromatic carbocycles. The van der Waals surface area contributed by atoms with Crippen molar-refractivity contribution in [2.75, 3.05) is 6.61 Å². The maximum atomic E-state index is 10.2. The van der Waals surface area contributed by atoms with Gasteiger partial charge in [0.2, 0.25) is 0 Å². The first-order valence-electron chi connectivity index (χ1n) is 4.76. The second-order valence-electron chi connectivity index (χ2n) is 3.06. The van der Waals surface area contributed by atoms with Crippen LogP contribution in [0.25, 0.3) is 0 Å². The van der Waals surface area contributed by atoms with Crippen LogP contribution in [0.1, 0.15) is 25.7 Å². The van der Waals surface area contributed by atoms with Gasteiger partial charge in [0.25, 0.3) is 0 Å². The lowest BCUT2D eigenvalue weighted by Crippen LogP contribution is -1.82. The van der Waals surface area contributed by atoms with Gasteiger partial charge in [-0.2, -0.15) is 0 Å². The number of aliphatic hydroxyl groups is 1.